The minimum absolute atomic E-state index is 0.0298. The van der Waals surface area contributed by atoms with Gasteiger partial charge < -0.3 is 23.7 Å². The summed E-state index contributed by atoms with van der Waals surface area (Å²) in [5.74, 6) is 0. The maximum absolute atomic E-state index is 15.2. The molecule has 1 fully saturated rings. The quantitative estimate of drug-likeness (QED) is 0.0862. The third-order valence-electron chi connectivity index (χ3n) is 9.98. The first kappa shape index (κ1) is 40.2. The number of sulfonamides is 1. The van der Waals surface area contributed by atoms with Crippen molar-refractivity contribution in [2.75, 3.05) is 6.61 Å². The summed E-state index contributed by atoms with van der Waals surface area (Å²) in [5, 5.41) is 0. The fourth-order valence-electron chi connectivity index (χ4n) is 6.97. The van der Waals surface area contributed by atoms with Crippen LogP contribution in [0.1, 0.15) is 33.4 Å². The summed E-state index contributed by atoms with van der Waals surface area (Å²) in [5.41, 5.74) is 5.56. The third kappa shape index (κ3) is 10.9. The molecule has 6 aromatic rings. The van der Waals surface area contributed by atoms with Gasteiger partial charge in [-0.2, -0.15) is 4.31 Å². The minimum atomic E-state index is -4.20. The molecule has 8 nitrogen and oxygen atoms in total. The van der Waals surface area contributed by atoms with Crippen LogP contribution >= 0.6 is 0 Å². The van der Waals surface area contributed by atoms with Crippen molar-refractivity contribution in [1.82, 2.24) is 4.31 Å². The predicted molar refractivity (Wildman–Crippen MR) is 220 cm³/mol. The van der Waals surface area contributed by atoms with Crippen LogP contribution in [-0.2, 0) is 66.7 Å². The standard InChI is InChI=1S/C48H49NO7S/c1-37-27-29-43(30-28-37)57(50,51)49(31-38-17-7-2-8-18-38)45-47(54-34-41-23-13-5-14-24-41)46(53-33-40-21-11-4-12-22-40)44(36-52-32-39-19-9-3-10-20-39)56-48(45)55-35-42-25-15-6-16-26-42/h2-30,44-48H,31-36H2,1H3/t44-,45-,46-,47-,48+/m1/s1. The summed E-state index contributed by atoms with van der Waals surface area (Å²) >= 11 is 0. The average Bonchev–Trinajstić information content (AvgIpc) is 3.25. The molecular formula is C48H49NO7S. The normalized spacial score (nSPS) is 19.7. The van der Waals surface area contributed by atoms with E-state index in [-0.39, 0.29) is 37.9 Å². The number of rotatable bonds is 18. The molecule has 0 amide bonds. The number of ether oxygens (including phenoxy) is 5. The lowest BCUT2D eigenvalue weighted by Crippen LogP contribution is -2.66. The lowest BCUT2D eigenvalue weighted by molar-refractivity contribution is -0.303. The molecule has 1 heterocycles. The number of hydrogen-bond donors (Lipinski definition) is 0. The molecule has 6 aromatic carbocycles. The van der Waals surface area contributed by atoms with Crippen molar-refractivity contribution >= 4 is 10.0 Å². The van der Waals surface area contributed by atoms with Crippen molar-refractivity contribution in [3.8, 4) is 0 Å². The van der Waals surface area contributed by atoms with Crippen molar-refractivity contribution in [3.63, 3.8) is 0 Å². The molecule has 0 bridgehead atoms. The van der Waals surface area contributed by atoms with Crippen LogP contribution in [0.5, 0.6) is 0 Å². The Morgan fingerprint density at radius 2 is 0.930 bits per heavy atom. The fourth-order valence-corrected chi connectivity index (χ4v) is 8.58. The Labute approximate surface area is 336 Å². The Hall–Kier alpha value is -4.97. The molecule has 9 heteroatoms. The SMILES string of the molecule is Cc1ccc(S(=O)(=O)N(Cc2ccccc2)[C@H]2[C@@H](OCc3ccccc3)O[C@H](COCc3ccccc3)[C@@H](OCc3ccccc3)[C@@H]2OCc2ccccc2)cc1. The average molecular weight is 784 g/mol. The highest BCUT2D eigenvalue weighted by Gasteiger charge is 2.53. The van der Waals surface area contributed by atoms with E-state index in [0.717, 1.165) is 33.4 Å². The summed E-state index contributed by atoms with van der Waals surface area (Å²) < 4.78 is 65.7. The minimum Gasteiger partial charge on any atom is -0.374 e. The molecule has 0 aromatic heterocycles. The lowest BCUT2D eigenvalue weighted by Gasteiger charge is -2.49. The molecule has 0 aliphatic carbocycles. The summed E-state index contributed by atoms with van der Waals surface area (Å²) in [4.78, 5) is 0.155. The Bertz CT molecular complexity index is 2180. The zero-order chi connectivity index (χ0) is 39.3. The van der Waals surface area contributed by atoms with Crippen molar-refractivity contribution in [3.05, 3.63) is 209 Å². The molecule has 0 unspecified atom stereocenters. The van der Waals surface area contributed by atoms with E-state index in [0.29, 0.717) is 6.61 Å². The van der Waals surface area contributed by atoms with Gasteiger partial charge in [-0.05, 0) is 46.9 Å². The molecule has 0 saturated carbocycles. The van der Waals surface area contributed by atoms with Gasteiger partial charge in [0.25, 0.3) is 0 Å². The van der Waals surface area contributed by atoms with Crippen LogP contribution in [0.2, 0.25) is 0 Å². The first-order valence-corrected chi connectivity index (χ1v) is 20.7. The number of benzene rings is 6. The summed E-state index contributed by atoms with van der Waals surface area (Å²) in [6, 6.07) is 54.9. The van der Waals surface area contributed by atoms with Gasteiger partial charge in [0.15, 0.2) is 6.29 Å². The lowest BCUT2D eigenvalue weighted by atomic mass is 9.95. The van der Waals surface area contributed by atoms with E-state index < -0.39 is 40.7 Å². The van der Waals surface area contributed by atoms with Crippen LogP contribution in [0.15, 0.2) is 181 Å². The van der Waals surface area contributed by atoms with Gasteiger partial charge in [-0.3, -0.25) is 0 Å². The van der Waals surface area contributed by atoms with Crippen molar-refractivity contribution in [1.29, 1.82) is 0 Å². The highest BCUT2D eigenvalue weighted by Crippen LogP contribution is 2.36. The largest absolute Gasteiger partial charge is 0.374 e. The van der Waals surface area contributed by atoms with Gasteiger partial charge in [0, 0.05) is 6.54 Å². The number of hydrogen-bond acceptors (Lipinski definition) is 7. The molecule has 294 valence electrons. The van der Waals surface area contributed by atoms with E-state index in [9.17, 15) is 0 Å². The van der Waals surface area contributed by atoms with Crippen LogP contribution in [0.25, 0.3) is 0 Å². The Morgan fingerprint density at radius 3 is 1.42 bits per heavy atom. The van der Waals surface area contributed by atoms with Crippen LogP contribution < -0.4 is 0 Å². The zero-order valence-electron chi connectivity index (χ0n) is 32.1. The first-order valence-electron chi connectivity index (χ1n) is 19.3. The summed E-state index contributed by atoms with van der Waals surface area (Å²) in [7, 11) is -4.20. The van der Waals surface area contributed by atoms with Gasteiger partial charge in [0.05, 0.1) is 37.9 Å². The molecule has 0 N–H and O–H groups in total. The second kappa shape index (κ2) is 19.9. The molecular weight excluding hydrogens is 735 g/mol. The highest BCUT2D eigenvalue weighted by atomic mass is 32.2. The number of nitrogens with zero attached hydrogens (tertiary/aromatic N) is 1. The molecule has 1 saturated heterocycles. The van der Waals surface area contributed by atoms with Gasteiger partial charge in [-0.1, -0.05) is 169 Å². The molecule has 5 atom stereocenters. The van der Waals surface area contributed by atoms with E-state index in [1.165, 1.54) is 4.31 Å². The molecule has 0 spiro atoms. The van der Waals surface area contributed by atoms with Gasteiger partial charge in [0.1, 0.15) is 24.4 Å². The van der Waals surface area contributed by atoms with E-state index in [1.807, 2.05) is 171 Å². The molecule has 57 heavy (non-hydrogen) atoms. The van der Waals surface area contributed by atoms with Crippen LogP contribution in [0.3, 0.4) is 0 Å². The topological polar surface area (TPSA) is 83.5 Å². The van der Waals surface area contributed by atoms with Crippen molar-refractivity contribution in [2.24, 2.45) is 0 Å². The Balaban J connectivity index is 1.34. The Kier molecular flexibility index (Phi) is 14.1. The van der Waals surface area contributed by atoms with E-state index in [1.54, 1.807) is 12.1 Å². The zero-order valence-corrected chi connectivity index (χ0v) is 32.9. The molecule has 1 aliphatic heterocycles. The maximum atomic E-state index is 15.2. The number of aryl methyl sites for hydroxylation is 1. The molecule has 1 aliphatic rings. The van der Waals surface area contributed by atoms with E-state index in [4.69, 9.17) is 23.7 Å². The van der Waals surface area contributed by atoms with Crippen molar-refractivity contribution < 1.29 is 32.1 Å². The van der Waals surface area contributed by atoms with Crippen molar-refractivity contribution in [2.45, 2.75) is 75.4 Å². The second-order valence-corrected chi connectivity index (χ2v) is 16.1. The van der Waals surface area contributed by atoms with Gasteiger partial charge in [0.2, 0.25) is 10.0 Å². The van der Waals surface area contributed by atoms with E-state index in [2.05, 4.69) is 0 Å². The summed E-state index contributed by atoms with van der Waals surface area (Å²) in [6.07, 6.45) is -3.44. The van der Waals surface area contributed by atoms with Gasteiger partial charge in [-0.15, -0.1) is 0 Å². The van der Waals surface area contributed by atoms with Gasteiger partial charge in [-0.25, -0.2) is 8.42 Å². The third-order valence-corrected chi connectivity index (χ3v) is 11.8. The van der Waals surface area contributed by atoms with Gasteiger partial charge >= 0.3 is 0 Å². The molecule has 0 radical (unpaired) electrons. The first-order chi connectivity index (χ1) is 27.9. The smallest absolute Gasteiger partial charge is 0.243 e. The predicted octanol–water partition coefficient (Wildman–Crippen LogP) is 8.88. The van der Waals surface area contributed by atoms with Crippen LogP contribution in [0, 0.1) is 6.92 Å². The molecule has 7 rings (SSSR count). The van der Waals surface area contributed by atoms with Crippen LogP contribution in [-0.4, -0.2) is 50.0 Å². The van der Waals surface area contributed by atoms with Crippen LogP contribution in [0.4, 0.5) is 0 Å². The maximum Gasteiger partial charge on any atom is 0.243 e. The monoisotopic (exact) mass is 783 g/mol. The second-order valence-electron chi connectivity index (χ2n) is 14.2. The van der Waals surface area contributed by atoms with E-state index >= 15 is 8.42 Å². The fraction of sp³-hybridized carbons (Fsp3) is 0.250. The summed E-state index contributed by atoms with van der Waals surface area (Å²) in [6.45, 7) is 3.05. The Morgan fingerprint density at radius 1 is 0.509 bits per heavy atom. The highest BCUT2D eigenvalue weighted by molar-refractivity contribution is 7.89.